The van der Waals surface area contributed by atoms with Crippen LogP contribution < -0.4 is 11.3 Å². The van der Waals surface area contributed by atoms with Crippen molar-refractivity contribution in [1.82, 2.24) is 14.5 Å². The average Bonchev–Trinajstić information content (AvgIpc) is 2.97. The monoisotopic (exact) mass is 267 g/mol. The molecule has 9 heteroatoms. The van der Waals surface area contributed by atoms with Crippen LogP contribution in [-0.2, 0) is 6.54 Å². The van der Waals surface area contributed by atoms with Gasteiger partial charge in [-0.1, -0.05) is 4.49 Å². The van der Waals surface area contributed by atoms with Crippen molar-refractivity contribution in [2.24, 2.45) is 5.84 Å². The van der Waals surface area contributed by atoms with Crippen molar-refractivity contribution in [2.45, 2.75) is 31.6 Å². The van der Waals surface area contributed by atoms with E-state index in [1.807, 2.05) is 0 Å². The minimum absolute atomic E-state index is 0.00366. The number of nitrogens with two attached hydrogens (primary N) is 1. The third-order valence-electron chi connectivity index (χ3n) is 2.49. The number of halogens is 3. The van der Waals surface area contributed by atoms with Crippen LogP contribution in [0.15, 0.2) is 0 Å². The number of hydrogen-bond donors (Lipinski definition) is 2. The van der Waals surface area contributed by atoms with Crippen LogP contribution >= 0.6 is 11.5 Å². The molecule has 0 atom stereocenters. The van der Waals surface area contributed by atoms with Crippen molar-refractivity contribution >= 4 is 16.5 Å². The molecule has 1 aliphatic rings. The van der Waals surface area contributed by atoms with Gasteiger partial charge in [0.15, 0.2) is 0 Å². The van der Waals surface area contributed by atoms with Crippen molar-refractivity contribution in [1.29, 1.82) is 0 Å². The number of hydrazine groups is 1. The molecule has 1 aromatic heterocycles. The Kier molecular flexibility index (Phi) is 3.50. The van der Waals surface area contributed by atoms with Crippen molar-refractivity contribution in [3.8, 4) is 0 Å². The van der Waals surface area contributed by atoms with Gasteiger partial charge in [0.2, 0.25) is 0 Å². The van der Waals surface area contributed by atoms with E-state index in [2.05, 4.69) is 15.0 Å². The van der Waals surface area contributed by atoms with Crippen LogP contribution in [0.3, 0.4) is 0 Å². The Morgan fingerprint density at radius 2 is 2.18 bits per heavy atom. The first kappa shape index (κ1) is 12.5. The molecule has 0 saturated heterocycles. The summed E-state index contributed by atoms with van der Waals surface area (Å²) in [6, 6.07) is 0.00366. The third kappa shape index (κ3) is 3.51. The standard InChI is InChI=1S/C8H12F3N5S/c9-8(10,11)4-16(5-1-2-5)3-6-7(13-12)17-15-14-6/h5,13H,1-4,12H2. The number of hydrogen-bond acceptors (Lipinski definition) is 6. The summed E-state index contributed by atoms with van der Waals surface area (Å²) in [7, 11) is 0. The molecule has 1 heterocycles. The molecule has 0 amide bonds. The smallest absolute Gasteiger partial charge is 0.313 e. The average molecular weight is 267 g/mol. The first-order valence-corrected chi connectivity index (χ1v) is 5.85. The van der Waals surface area contributed by atoms with E-state index in [0.717, 1.165) is 24.4 Å². The van der Waals surface area contributed by atoms with Crippen LogP contribution in [0.5, 0.6) is 0 Å². The number of nitrogens with one attached hydrogen (secondary N) is 1. The van der Waals surface area contributed by atoms with Crippen molar-refractivity contribution < 1.29 is 13.2 Å². The molecule has 2 rings (SSSR count). The number of nitrogens with zero attached hydrogens (tertiary/aromatic N) is 3. The number of aromatic nitrogens is 2. The van der Waals surface area contributed by atoms with Gasteiger partial charge in [-0.3, -0.25) is 4.90 Å². The van der Waals surface area contributed by atoms with Crippen LogP contribution in [0.2, 0.25) is 0 Å². The fraction of sp³-hybridized carbons (Fsp3) is 0.750. The second-order valence-corrected chi connectivity index (χ2v) is 4.70. The summed E-state index contributed by atoms with van der Waals surface area (Å²) >= 11 is 1.04. The maximum absolute atomic E-state index is 12.4. The zero-order valence-electron chi connectivity index (χ0n) is 8.87. The minimum Gasteiger partial charge on any atom is -0.313 e. The summed E-state index contributed by atoms with van der Waals surface area (Å²) < 4.78 is 40.8. The van der Waals surface area contributed by atoms with Gasteiger partial charge in [0.1, 0.15) is 10.7 Å². The van der Waals surface area contributed by atoms with E-state index in [1.165, 1.54) is 4.90 Å². The quantitative estimate of drug-likeness (QED) is 0.622. The molecule has 1 aliphatic carbocycles. The van der Waals surface area contributed by atoms with Gasteiger partial charge in [0.25, 0.3) is 0 Å². The summed E-state index contributed by atoms with van der Waals surface area (Å²) in [6.45, 7) is -0.792. The lowest BCUT2D eigenvalue weighted by Gasteiger charge is -2.22. The lowest BCUT2D eigenvalue weighted by atomic mass is 10.3. The SMILES string of the molecule is NNc1snnc1CN(CC(F)(F)F)C1CC1. The zero-order chi connectivity index (χ0) is 12.5. The second-order valence-electron chi connectivity index (χ2n) is 3.94. The Balaban J connectivity index is 2.02. The molecule has 1 aromatic rings. The Hall–Kier alpha value is -0.930. The van der Waals surface area contributed by atoms with Gasteiger partial charge in [-0.25, -0.2) is 5.84 Å². The molecular weight excluding hydrogens is 255 g/mol. The van der Waals surface area contributed by atoms with Crippen LogP contribution in [0.25, 0.3) is 0 Å². The number of rotatable bonds is 5. The van der Waals surface area contributed by atoms with E-state index in [0.29, 0.717) is 10.7 Å². The number of anilines is 1. The van der Waals surface area contributed by atoms with E-state index in [4.69, 9.17) is 5.84 Å². The fourth-order valence-electron chi connectivity index (χ4n) is 1.60. The Morgan fingerprint density at radius 3 is 2.71 bits per heavy atom. The first-order valence-electron chi connectivity index (χ1n) is 5.08. The van der Waals surface area contributed by atoms with Crippen LogP contribution in [-0.4, -0.2) is 33.2 Å². The topological polar surface area (TPSA) is 67.1 Å². The molecule has 0 unspecified atom stereocenters. The molecule has 17 heavy (non-hydrogen) atoms. The molecule has 0 radical (unpaired) electrons. The lowest BCUT2D eigenvalue weighted by molar-refractivity contribution is -0.148. The summed E-state index contributed by atoms with van der Waals surface area (Å²) in [5.74, 6) is 5.23. The van der Waals surface area contributed by atoms with Crippen molar-refractivity contribution in [3.05, 3.63) is 5.69 Å². The first-order chi connectivity index (χ1) is 7.99. The molecule has 0 aromatic carbocycles. The van der Waals surface area contributed by atoms with Crippen molar-refractivity contribution in [3.63, 3.8) is 0 Å². The maximum atomic E-state index is 12.4. The largest absolute Gasteiger partial charge is 0.401 e. The van der Waals surface area contributed by atoms with Gasteiger partial charge in [-0.2, -0.15) is 13.2 Å². The summed E-state index contributed by atoms with van der Waals surface area (Å²) in [6.07, 6.45) is -2.58. The van der Waals surface area contributed by atoms with Crippen LogP contribution in [0.4, 0.5) is 18.2 Å². The number of nitrogen functional groups attached to an aromatic ring is 1. The summed E-state index contributed by atoms with van der Waals surface area (Å²) in [4.78, 5) is 1.37. The summed E-state index contributed by atoms with van der Waals surface area (Å²) in [5, 5.41) is 4.30. The van der Waals surface area contributed by atoms with Gasteiger partial charge in [0, 0.05) is 24.1 Å². The van der Waals surface area contributed by atoms with Gasteiger partial charge in [0.05, 0.1) is 6.54 Å². The molecule has 1 fully saturated rings. The minimum atomic E-state index is -4.19. The normalized spacial score (nSPS) is 16.5. The Labute approximate surface area is 99.9 Å². The van der Waals surface area contributed by atoms with Gasteiger partial charge < -0.3 is 5.43 Å². The fourth-order valence-corrected chi connectivity index (χ4v) is 2.08. The van der Waals surface area contributed by atoms with Gasteiger partial charge >= 0.3 is 6.18 Å². The highest BCUT2D eigenvalue weighted by Gasteiger charge is 2.38. The van der Waals surface area contributed by atoms with Gasteiger partial charge in [-0.15, -0.1) is 5.10 Å². The van der Waals surface area contributed by atoms with E-state index in [1.54, 1.807) is 0 Å². The van der Waals surface area contributed by atoms with E-state index >= 15 is 0 Å². The molecule has 5 nitrogen and oxygen atoms in total. The Morgan fingerprint density at radius 1 is 1.47 bits per heavy atom. The molecule has 0 spiro atoms. The predicted octanol–water partition coefficient (Wildman–Crippen LogP) is 1.35. The van der Waals surface area contributed by atoms with Gasteiger partial charge in [-0.05, 0) is 12.8 Å². The molecule has 1 saturated carbocycles. The highest BCUT2D eigenvalue weighted by Crippen LogP contribution is 2.32. The highest BCUT2D eigenvalue weighted by molar-refractivity contribution is 7.10. The third-order valence-corrected chi connectivity index (χ3v) is 3.18. The summed E-state index contributed by atoms with van der Waals surface area (Å²) in [5.41, 5.74) is 2.86. The second kappa shape index (κ2) is 4.75. The van der Waals surface area contributed by atoms with Crippen LogP contribution in [0, 0.1) is 0 Å². The molecule has 0 bridgehead atoms. The zero-order valence-corrected chi connectivity index (χ0v) is 9.68. The van der Waals surface area contributed by atoms with Crippen LogP contribution in [0.1, 0.15) is 18.5 Å². The highest BCUT2D eigenvalue weighted by atomic mass is 32.1. The Bertz CT molecular complexity index is 375. The lowest BCUT2D eigenvalue weighted by Crippen LogP contribution is -2.35. The van der Waals surface area contributed by atoms with E-state index < -0.39 is 12.7 Å². The number of alkyl halides is 3. The predicted molar refractivity (Wildman–Crippen MR) is 57.2 cm³/mol. The molecular formula is C8H12F3N5S. The molecule has 0 aliphatic heterocycles. The van der Waals surface area contributed by atoms with E-state index in [9.17, 15) is 13.2 Å². The van der Waals surface area contributed by atoms with E-state index in [-0.39, 0.29) is 12.6 Å². The molecule has 3 N–H and O–H groups in total. The maximum Gasteiger partial charge on any atom is 0.401 e. The van der Waals surface area contributed by atoms with Crippen molar-refractivity contribution in [2.75, 3.05) is 12.0 Å². The molecule has 96 valence electrons.